The first-order chi connectivity index (χ1) is 12.4. The molecule has 0 spiro atoms. The third-order valence-corrected chi connectivity index (χ3v) is 3.48. The van der Waals surface area contributed by atoms with Gasteiger partial charge in [-0.1, -0.05) is 13.8 Å². The van der Waals surface area contributed by atoms with Gasteiger partial charge in [-0.3, -0.25) is 24.0 Å². The molecule has 4 unspecified atom stereocenters. The normalized spacial score (nSPS) is 15.2. The summed E-state index contributed by atoms with van der Waals surface area (Å²) in [5.41, 5.74) is 10.5. The van der Waals surface area contributed by atoms with Crippen LogP contribution in [0.5, 0.6) is 0 Å². The molecule has 0 aliphatic rings. The fourth-order valence-corrected chi connectivity index (χ4v) is 2.03. The van der Waals surface area contributed by atoms with Gasteiger partial charge in [0.25, 0.3) is 0 Å². The summed E-state index contributed by atoms with van der Waals surface area (Å²) in [5, 5.41) is 25.0. The number of primary amides is 1. The van der Waals surface area contributed by atoms with Crippen LogP contribution in [0, 0.1) is 5.92 Å². The zero-order chi connectivity index (χ0) is 21.3. The van der Waals surface area contributed by atoms with Crippen molar-refractivity contribution in [3.8, 4) is 0 Å². The molecule has 12 heteroatoms. The van der Waals surface area contributed by atoms with Gasteiger partial charge in [0.05, 0.1) is 18.6 Å². The number of rotatable bonds is 11. The van der Waals surface area contributed by atoms with Gasteiger partial charge < -0.3 is 37.6 Å². The smallest absolute Gasteiger partial charge is 0.322 e. The lowest BCUT2D eigenvalue weighted by molar-refractivity contribution is -0.139. The molecule has 0 aromatic rings. The van der Waals surface area contributed by atoms with Crippen LogP contribution in [0.4, 0.5) is 0 Å². The molecule has 27 heavy (non-hydrogen) atoms. The van der Waals surface area contributed by atoms with Crippen molar-refractivity contribution in [1.29, 1.82) is 0 Å². The molecule has 0 heterocycles. The number of amides is 4. The number of carbonyl (C=O) groups excluding carboxylic acids is 4. The Balaban J connectivity index is 5.11. The SMILES string of the molecule is CC(C)C(NC(=O)C(N)CC(N)=O)C(=O)NC(C(=O)NCC(=O)O)C(C)O. The number of nitrogens with two attached hydrogens (primary N) is 2. The number of carbonyl (C=O) groups is 5. The van der Waals surface area contributed by atoms with E-state index in [9.17, 15) is 29.1 Å². The largest absolute Gasteiger partial charge is 0.480 e. The molecular formula is C15H27N5O7. The van der Waals surface area contributed by atoms with Gasteiger partial charge in [-0.25, -0.2) is 0 Å². The topological polar surface area (TPSA) is 214 Å². The van der Waals surface area contributed by atoms with Crippen molar-refractivity contribution in [1.82, 2.24) is 16.0 Å². The maximum atomic E-state index is 12.5. The van der Waals surface area contributed by atoms with Crippen molar-refractivity contribution >= 4 is 29.6 Å². The molecular weight excluding hydrogens is 362 g/mol. The van der Waals surface area contributed by atoms with Crippen LogP contribution in [-0.2, 0) is 24.0 Å². The van der Waals surface area contributed by atoms with Gasteiger partial charge in [-0.15, -0.1) is 0 Å². The monoisotopic (exact) mass is 389 g/mol. The van der Waals surface area contributed by atoms with Crippen molar-refractivity contribution in [3.63, 3.8) is 0 Å². The Kier molecular flexibility index (Phi) is 9.96. The number of hydrogen-bond acceptors (Lipinski definition) is 7. The van der Waals surface area contributed by atoms with E-state index in [4.69, 9.17) is 16.6 Å². The Hall–Kier alpha value is -2.73. The van der Waals surface area contributed by atoms with Crippen LogP contribution in [-0.4, -0.2) is 70.6 Å². The van der Waals surface area contributed by atoms with Gasteiger partial charge in [0.15, 0.2) is 0 Å². The highest BCUT2D eigenvalue weighted by Crippen LogP contribution is 2.05. The van der Waals surface area contributed by atoms with Crippen molar-refractivity contribution < 1.29 is 34.2 Å². The first-order valence-corrected chi connectivity index (χ1v) is 8.19. The first-order valence-electron chi connectivity index (χ1n) is 8.19. The minimum Gasteiger partial charge on any atom is -0.480 e. The summed E-state index contributed by atoms with van der Waals surface area (Å²) in [7, 11) is 0. The summed E-state index contributed by atoms with van der Waals surface area (Å²) in [6, 6.07) is -3.80. The Morgan fingerprint density at radius 3 is 1.85 bits per heavy atom. The van der Waals surface area contributed by atoms with E-state index in [1.807, 2.05) is 5.32 Å². The zero-order valence-corrected chi connectivity index (χ0v) is 15.4. The molecule has 0 aromatic carbocycles. The van der Waals surface area contributed by atoms with Crippen molar-refractivity contribution in [2.24, 2.45) is 17.4 Å². The standard InChI is InChI=1S/C15H27N5O7/c1-6(2)11(19-13(25)8(16)4-9(17)22)15(27)20-12(7(3)21)14(26)18-5-10(23)24/h6-8,11-12,21H,4-5,16H2,1-3H3,(H2,17,22)(H,18,26)(H,19,25)(H,20,27)(H,23,24). The Labute approximate surface area is 156 Å². The minimum absolute atomic E-state index is 0.411. The third-order valence-electron chi connectivity index (χ3n) is 3.48. The molecule has 0 bridgehead atoms. The summed E-state index contributed by atoms with van der Waals surface area (Å²) >= 11 is 0. The minimum atomic E-state index is -1.44. The number of carboxylic acid groups (broad SMARTS) is 1. The molecule has 154 valence electrons. The van der Waals surface area contributed by atoms with E-state index >= 15 is 0 Å². The second-order valence-electron chi connectivity index (χ2n) is 6.35. The highest BCUT2D eigenvalue weighted by Gasteiger charge is 2.32. The maximum Gasteiger partial charge on any atom is 0.322 e. The van der Waals surface area contributed by atoms with Gasteiger partial charge in [0, 0.05) is 0 Å². The lowest BCUT2D eigenvalue weighted by Crippen LogP contribution is -2.60. The summed E-state index contributed by atoms with van der Waals surface area (Å²) in [4.78, 5) is 57.8. The Bertz CT molecular complexity index is 579. The molecule has 0 aliphatic heterocycles. The molecule has 4 amide bonds. The predicted octanol–water partition coefficient (Wildman–Crippen LogP) is -3.60. The van der Waals surface area contributed by atoms with E-state index < -0.39 is 72.7 Å². The van der Waals surface area contributed by atoms with Crippen LogP contribution < -0.4 is 27.4 Å². The number of hydrogen-bond donors (Lipinski definition) is 7. The van der Waals surface area contributed by atoms with E-state index in [-0.39, 0.29) is 0 Å². The van der Waals surface area contributed by atoms with Gasteiger partial charge >= 0.3 is 5.97 Å². The molecule has 4 atom stereocenters. The van der Waals surface area contributed by atoms with Crippen LogP contribution in [0.2, 0.25) is 0 Å². The Morgan fingerprint density at radius 1 is 0.926 bits per heavy atom. The lowest BCUT2D eigenvalue weighted by Gasteiger charge is -2.27. The van der Waals surface area contributed by atoms with Gasteiger partial charge in [-0.2, -0.15) is 0 Å². The van der Waals surface area contributed by atoms with Gasteiger partial charge in [0.2, 0.25) is 23.6 Å². The van der Waals surface area contributed by atoms with Crippen molar-refractivity contribution in [3.05, 3.63) is 0 Å². The molecule has 0 aromatic heterocycles. The molecule has 0 saturated heterocycles. The predicted molar refractivity (Wildman–Crippen MR) is 92.8 cm³/mol. The maximum absolute atomic E-state index is 12.5. The first kappa shape index (κ1) is 24.3. The Morgan fingerprint density at radius 2 is 1.44 bits per heavy atom. The van der Waals surface area contributed by atoms with Crippen LogP contribution >= 0.6 is 0 Å². The molecule has 0 radical (unpaired) electrons. The van der Waals surface area contributed by atoms with E-state index in [1.165, 1.54) is 6.92 Å². The second-order valence-corrected chi connectivity index (χ2v) is 6.35. The number of nitrogens with one attached hydrogen (secondary N) is 3. The average molecular weight is 389 g/mol. The van der Waals surface area contributed by atoms with Crippen molar-refractivity contribution in [2.75, 3.05) is 6.54 Å². The second kappa shape index (κ2) is 11.1. The highest BCUT2D eigenvalue weighted by atomic mass is 16.4. The van der Waals surface area contributed by atoms with Crippen LogP contribution in [0.3, 0.4) is 0 Å². The lowest BCUT2D eigenvalue weighted by atomic mass is 10.0. The van der Waals surface area contributed by atoms with Crippen LogP contribution in [0.25, 0.3) is 0 Å². The highest BCUT2D eigenvalue weighted by molar-refractivity contribution is 5.95. The number of aliphatic carboxylic acids is 1. The summed E-state index contributed by atoms with van der Waals surface area (Å²) in [6.45, 7) is 3.78. The van der Waals surface area contributed by atoms with E-state index in [1.54, 1.807) is 13.8 Å². The quantitative estimate of drug-likeness (QED) is 0.187. The van der Waals surface area contributed by atoms with Crippen LogP contribution in [0.1, 0.15) is 27.2 Å². The average Bonchev–Trinajstić information content (AvgIpc) is 2.53. The number of aliphatic hydroxyl groups excluding tert-OH is 1. The molecule has 0 fully saturated rings. The fraction of sp³-hybridized carbons (Fsp3) is 0.667. The molecule has 0 rings (SSSR count). The van der Waals surface area contributed by atoms with Gasteiger partial charge in [0.1, 0.15) is 18.6 Å². The van der Waals surface area contributed by atoms with Crippen LogP contribution in [0.15, 0.2) is 0 Å². The molecule has 12 nitrogen and oxygen atoms in total. The van der Waals surface area contributed by atoms with E-state index in [2.05, 4.69) is 10.6 Å². The summed E-state index contributed by atoms with van der Waals surface area (Å²) < 4.78 is 0. The molecule has 0 aliphatic carbocycles. The zero-order valence-electron chi connectivity index (χ0n) is 15.4. The molecule has 0 saturated carbocycles. The van der Waals surface area contributed by atoms with Gasteiger partial charge in [-0.05, 0) is 12.8 Å². The van der Waals surface area contributed by atoms with Crippen molar-refractivity contribution in [2.45, 2.75) is 51.4 Å². The number of aliphatic hydroxyl groups is 1. The summed E-state index contributed by atoms with van der Waals surface area (Å²) in [5.74, 6) is -4.98. The molecule has 9 N–H and O–H groups in total. The fourth-order valence-electron chi connectivity index (χ4n) is 2.03. The summed E-state index contributed by atoms with van der Waals surface area (Å²) in [6.07, 6.45) is -1.74. The van der Waals surface area contributed by atoms with E-state index in [0.29, 0.717) is 0 Å². The van der Waals surface area contributed by atoms with E-state index in [0.717, 1.165) is 0 Å². The third kappa shape index (κ3) is 8.96. The number of carboxylic acids is 1.